The quantitative estimate of drug-likeness (QED) is 0.802. The summed E-state index contributed by atoms with van der Waals surface area (Å²) in [7, 11) is 0. The van der Waals surface area contributed by atoms with E-state index in [2.05, 4.69) is 24.0 Å². The Balaban J connectivity index is 1.48. The first-order chi connectivity index (χ1) is 14.1. The van der Waals surface area contributed by atoms with E-state index >= 15 is 0 Å². The SMILES string of the molecule is CCC(=O)N1CC(=O)N2[C@H](CO)[C@H](c3ccc(C#CC4CCCCC4)cc3)[C@@H]2C1. The number of rotatable bonds is 3. The fraction of sp³-hybridized carbons (Fsp3) is 0.583. The monoisotopic (exact) mass is 394 g/mol. The summed E-state index contributed by atoms with van der Waals surface area (Å²) in [6.07, 6.45) is 6.74. The summed E-state index contributed by atoms with van der Waals surface area (Å²) in [5.41, 5.74) is 2.12. The summed E-state index contributed by atoms with van der Waals surface area (Å²) >= 11 is 0. The predicted molar refractivity (Wildman–Crippen MR) is 111 cm³/mol. The molecule has 5 heteroatoms. The molecule has 0 radical (unpaired) electrons. The minimum atomic E-state index is -0.203. The fourth-order valence-corrected chi connectivity index (χ4v) is 5.13. The van der Waals surface area contributed by atoms with Crippen molar-refractivity contribution < 1.29 is 14.7 Å². The van der Waals surface area contributed by atoms with Gasteiger partial charge in [0.1, 0.15) is 0 Å². The Labute approximate surface area is 173 Å². The van der Waals surface area contributed by atoms with Crippen molar-refractivity contribution in [2.24, 2.45) is 5.92 Å². The zero-order valence-electron chi connectivity index (χ0n) is 17.1. The molecule has 1 saturated carbocycles. The molecule has 1 N–H and O–H groups in total. The van der Waals surface area contributed by atoms with E-state index in [1.807, 2.05) is 19.1 Å². The number of carbonyl (C=O) groups excluding carboxylic acids is 2. The van der Waals surface area contributed by atoms with Gasteiger partial charge in [-0.25, -0.2) is 0 Å². The molecule has 2 heterocycles. The first-order valence-electron chi connectivity index (χ1n) is 10.9. The Kier molecular flexibility index (Phi) is 5.91. The fourth-order valence-electron chi connectivity index (χ4n) is 5.13. The number of carbonyl (C=O) groups is 2. The summed E-state index contributed by atoms with van der Waals surface area (Å²) in [5, 5.41) is 9.88. The highest BCUT2D eigenvalue weighted by Crippen LogP contribution is 2.43. The summed E-state index contributed by atoms with van der Waals surface area (Å²) < 4.78 is 0. The number of aliphatic hydroxyl groups excluding tert-OH is 1. The van der Waals surface area contributed by atoms with Gasteiger partial charge >= 0.3 is 0 Å². The van der Waals surface area contributed by atoms with Gasteiger partial charge in [-0.1, -0.05) is 50.2 Å². The molecule has 5 nitrogen and oxygen atoms in total. The van der Waals surface area contributed by atoms with E-state index in [9.17, 15) is 14.7 Å². The molecule has 1 aromatic rings. The van der Waals surface area contributed by atoms with Crippen LogP contribution < -0.4 is 0 Å². The van der Waals surface area contributed by atoms with Crippen molar-refractivity contribution >= 4 is 11.8 Å². The molecule has 2 saturated heterocycles. The van der Waals surface area contributed by atoms with Crippen molar-refractivity contribution in [3.8, 4) is 11.8 Å². The second kappa shape index (κ2) is 8.59. The lowest BCUT2D eigenvalue weighted by Crippen LogP contribution is -2.73. The van der Waals surface area contributed by atoms with Gasteiger partial charge < -0.3 is 14.9 Å². The zero-order valence-corrected chi connectivity index (χ0v) is 17.1. The molecule has 4 rings (SSSR count). The highest BCUT2D eigenvalue weighted by Gasteiger charge is 2.54. The number of fused-ring (bicyclic) bond motifs is 1. The maximum atomic E-state index is 12.5. The van der Waals surface area contributed by atoms with Gasteiger partial charge in [0, 0.05) is 30.4 Å². The smallest absolute Gasteiger partial charge is 0.242 e. The summed E-state index contributed by atoms with van der Waals surface area (Å²) in [4.78, 5) is 28.1. The average molecular weight is 395 g/mol. The molecule has 2 aliphatic heterocycles. The van der Waals surface area contributed by atoms with Crippen LogP contribution in [0, 0.1) is 17.8 Å². The van der Waals surface area contributed by atoms with Crippen LogP contribution in [0.1, 0.15) is 62.5 Å². The predicted octanol–water partition coefficient (Wildman–Crippen LogP) is 2.53. The highest BCUT2D eigenvalue weighted by atomic mass is 16.3. The maximum absolute atomic E-state index is 12.5. The minimum Gasteiger partial charge on any atom is -0.394 e. The van der Waals surface area contributed by atoms with Crippen molar-refractivity contribution in [3.05, 3.63) is 35.4 Å². The van der Waals surface area contributed by atoms with Crippen LogP contribution in [0.5, 0.6) is 0 Å². The Hall–Kier alpha value is -2.32. The van der Waals surface area contributed by atoms with Gasteiger partial charge in [-0.3, -0.25) is 9.59 Å². The first kappa shape index (κ1) is 20.0. The molecule has 1 aromatic carbocycles. The van der Waals surface area contributed by atoms with E-state index < -0.39 is 0 Å². The normalized spacial score (nSPS) is 27.0. The number of hydrogen-bond donors (Lipinski definition) is 1. The third kappa shape index (κ3) is 3.91. The van der Waals surface area contributed by atoms with Crippen molar-refractivity contribution in [2.45, 2.75) is 63.5 Å². The molecule has 154 valence electrons. The van der Waals surface area contributed by atoms with Crippen molar-refractivity contribution in [3.63, 3.8) is 0 Å². The van der Waals surface area contributed by atoms with Crippen LogP contribution in [-0.4, -0.2) is 58.5 Å². The number of nitrogens with zero attached hydrogens (tertiary/aromatic N) is 2. The molecular weight excluding hydrogens is 364 g/mol. The van der Waals surface area contributed by atoms with Gasteiger partial charge in [0.15, 0.2) is 0 Å². The Morgan fingerprint density at radius 2 is 1.90 bits per heavy atom. The molecule has 0 bridgehead atoms. The average Bonchev–Trinajstić information content (AvgIpc) is 2.74. The van der Waals surface area contributed by atoms with Crippen molar-refractivity contribution in [1.29, 1.82) is 0 Å². The van der Waals surface area contributed by atoms with Crippen LogP contribution in [0.15, 0.2) is 24.3 Å². The molecule has 3 atom stereocenters. The number of benzene rings is 1. The minimum absolute atomic E-state index is 0.0116. The van der Waals surface area contributed by atoms with E-state index in [1.165, 1.54) is 32.1 Å². The van der Waals surface area contributed by atoms with Gasteiger partial charge in [-0.05, 0) is 30.5 Å². The molecule has 0 aromatic heterocycles. The van der Waals surface area contributed by atoms with E-state index in [0.717, 1.165) is 11.1 Å². The molecule has 2 amide bonds. The zero-order chi connectivity index (χ0) is 20.4. The molecule has 29 heavy (non-hydrogen) atoms. The topological polar surface area (TPSA) is 60.9 Å². The number of hydrogen-bond acceptors (Lipinski definition) is 3. The van der Waals surface area contributed by atoms with Crippen molar-refractivity contribution in [1.82, 2.24) is 9.80 Å². The third-order valence-corrected chi connectivity index (χ3v) is 6.73. The van der Waals surface area contributed by atoms with Crippen LogP contribution in [0.3, 0.4) is 0 Å². The van der Waals surface area contributed by atoms with E-state index in [0.29, 0.717) is 18.9 Å². The van der Waals surface area contributed by atoms with Gasteiger partial charge in [0.25, 0.3) is 0 Å². The standard InChI is InChI=1S/C24H30N2O3/c1-2-22(28)25-14-20-24(21(16-27)26(20)23(29)15-25)19-12-10-18(11-13-19)9-8-17-6-4-3-5-7-17/h10-13,17,20-21,24,27H,2-7,14-16H2,1H3/t20-,21+,24+/m0/s1. The summed E-state index contributed by atoms with van der Waals surface area (Å²) in [6, 6.07) is 7.97. The first-order valence-corrected chi connectivity index (χ1v) is 10.9. The number of aliphatic hydroxyl groups is 1. The number of amides is 2. The van der Waals surface area contributed by atoms with Crippen LogP contribution in [0.2, 0.25) is 0 Å². The van der Waals surface area contributed by atoms with Crippen LogP contribution in [-0.2, 0) is 9.59 Å². The van der Waals surface area contributed by atoms with Gasteiger partial charge in [0.05, 0.1) is 25.2 Å². The Bertz CT molecular complexity index is 817. The highest BCUT2D eigenvalue weighted by molar-refractivity contribution is 5.87. The molecular formula is C24H30N2O3. The Morgan fingerprint density at radius 1 is 1.17 bits per heavy atom. The lowest BCUT2D eigenvalue weighted by Gasteiger charge is -2.58. The maximum Gasteiger partial charge on any atom is 0.242 e. The lowest BCUT2D eigenvalue weighted by molar-refractivity contribution is -0.166. The second-order valence-electron chi connectivity index (χ2n) is 8.50. The third-order valence-electron chi connectivity index (χ3n) is 6.73. The molecule has 3 fully saturated rings. The van der Waals surface area contributed by atoms with E-state index in [-0.39, 0.29) is 43.0 Å². The van der Waals surface area contributed by atoms with Crippen LogP contribution in [0.4, 0.5) is 0 Å². The van der Waals surface area contributed by atoms with Crippen LogP contribution >= 0.6 is 0 Å². The Morgan fingerprint density at radius 3 is 2.55 bits per heavy atom. The van der Waals surface area contributed by atoms with Crippen LogP contribution in [0.25, 0.3) is 0 Å². The molecule has 1 aliphatic carbocycles. The molecule has 0 unspecified atom stereocenters. The van der Waals surface area contributed by atoms with Gasteiger partial charge in [-0.2, -0.15) is 0 Å². The largest absolute Gasteiger partial charge is 0.394 e. The summed E-state index contributed by atoms with van der Waals surface area (Å²) in [6.45, 7) is 2.43. The second-order valence-corrected chi connectivity index (χ2v) is 8.50. The number of piperazine rings is 1. The molecule has 3 aliphatic rings. The molecule has 0 spiro atoms. The van der Waals surface area contributed by atoms with Gasteiger partial charge in [-0.15, -0.1) is 0 Å². The summed E-state index contributed by atoms with van der Waals surface area (Å²) in [5.74, 6) is 7.27. The lowest BCUT2D eigenvalue weighted by atomic mass is 9.73. The van der Waals surface area contributed by atoms with E-state index in [1.54, 1.807) is 9.80 Å². The van der Waals surface area contributed by atoms with Crippen molar-refractivity contribution in [2.75, 3.05) is 19.7 Å². The van der Waals surface area contributed by atoms with E-state index in [4.69, 9.17) is 0 Å². The van der Waals surface area contributed by atoms with Gasteiger partial charge in [0.2, 0.25) is 11.8 Å².